The summed E-state index contributed by atoms with van der Waals surface area (Å²) in [6.07, 6.45) is 17.0. The molecule has 222 valence electrons. The number of amides is 1. The van der Waals surface area contributed by atoms with E-state index in [-0.39, 0.29) is 17.0 Å². The van der Waals surface area contributed by atoms with Gasteiger partial charge in [0.05, 0.1) is 16.5 Å². The van der Waals surface area contributed by atoms with E-state index in [1.807, 2.05) is 0 Å². The number of aliphatic hydroxyl groups is 1. The maximum absolute atomic E-state index is 13.2. The number of halogens is 1. The van der Waals surface area contributed by atoms with Crippen molar-refractivity contribution in [2.75, 3.05) is 6.54 Å². The largest absolute Gasteiger partial charge is 0.507 e. The van der Waals surface area contributed by atoms with Crippen LogP contribution in [0.5, 0.6) is 0 Å². The van der Waals surface area contributed by atoms with Crippen molar-refractivity contribution < 1.29 is 19.6 Å². The van der Waals surface area contributed by atoms with E-state index in [9.17, 15) is 24.8 Å². The zero-order valence-electron chi connectivity index (χ0n) is 24.2. The van der Waals surface area contributed by atoms with Gasteiger partial charge in [-0.05, 0) is 24.1 Å². The van der Waals surface area contributed by atoms with Gasteiger partial charge in [0.2, 0.25) is 0 Å². The molecule has 0 aliphatic carbocycles. The van der Waals surface area contributed by atoms with E-state index in [0.717, 1.165) is 23.7 Å². The van der Waals surface area contributed by atoms with E-state index in [2.05, 4.69) is 22.9 Å². The van der Waals surface area contributed by atoms with Crippen molar-refractivity contribution in [3.63, 3.8) is 0 Å². The Kier molecular flexibility index (Phi) is 13.5. The molecule has 0 radical (unpaired) electrons. The molecular formula is C33H43BrN2O5. The van der Waals surface area contributed by atoms with Crippen LogP contribution in [0.2, 0.25) is 0 Å². The number of rotatable bonds is 18. The number of carbonyl (C=O) groups is 2. The molecule has 1 atom stereocenters. The summed E-state index contributed by atoms with van der Waals surface area (Å²) >= 11 is 3.36. The van der Waals surface area contributed by atoms with Crippen molar-refractivity contribution in [1.29, 1.82) is 0 Å². The Balaban J connectivity index is 1.59. The number of ketones is 1. The second-order valence-corrected chi connectivity index (χ2v) is 11.9. The first-order valence-corrected chi connectivity index (χ1v) is 15.9. The van der Waals surface area contributed by atoms with Gasteiger partial charge in [0.15, 0.2) is 0 Å². The molecule has 0 bridgehead atoms. The topological polar surface area (TPSA) is 101 Å². The van der Waals surface area contributed by atoms with E-state index in [4.69, 9.17) is 0 Å². The molecule has 41 heavy (non-hydrogen) atoms. The van der Waals surface area contributed by atoms with Crippen LogP contribution in [0.25, 0.3) is 5.76 Å². The maximum atomic E-state index is 13.2. The molecule has 1 heterocycles. The number of hydrogen-bond donors (Lipinski definition) is 1. The van der Waals surface area contributed by atoms with Gasteiger partial charge in [0.25, 0.3) is 17.4 Å². The summed E-state index contributed by atoms with van der Waals surface area (Å²) < 4.78 is 0.808. The van der Waals surface area contributed by atoms with Crippen molar-refractivity contribution in [1.82, 2.24) is 4.90 Å². The van der Waals surface area contributed by atoms with E-state index in [1.165, 1.54) is 81.2 Å². The summed E-state index contributed by atoms with van der Waals surface area (Å²) in [7, 11) is 0. The predicted molar refractivity (Wildman–Crippen MR) is 167 cm³/mol. The third kappa shape index (κ3) is 9.52. The minimum Gasteiger partial charge on any atom is -0.507 e. The highest BCUT2D eigenvalue weighted by atomic mass is 79.9. The Morgan fingerprint density at radius 1 is 0.854 bits per heavy atom. The highest BCUT2D eigenvalue weighted by Crippen LogP contribution is 2.40. The average Bonchev–Trinajstić information content (AvgIpc) is 3.22. The molecule has 0 aromatic heterocycles. The van der Waals surface area contributed by atoms with Crippen LogP contribution in [0.15, 0.2) is 58.6 Å². The lowest BCUT2D eigenvalue weighted by molar-refractivity contribution is -0.384. The lowest BCUT2D eigenvalue weighted by atomic mass is 9.95. The number of nitro groups is 1. The molecule has 3 rings (SSSR count). The quantitative estimate of drug-likeness (QED) is 0.0443. The fourth-order valence-electron chi connectivity index (χ4n) is 5.51. The summed E-state index contributed by atoms with van der Waals surface area (Å²) in [6, 6.07) is 11.9. The zero-order chi connectivity index (χ0) is 29.6. The molecule has 0 saturated carbocycles. The zero-order valence-corrected chi connectivity index (χ0v) is 25.7. The van der Waals surface area contributed by atoms with Crippen molar-refractivity contribution in [2.24, 2.45) is 0 Å². The Bertz CT molecular complexity index is 1190. The van der Waals surface area contributed by atoms with E-state index in [0.29, 0.717) is 24.1 Å². The summed E-state index contributed by atoms with van der Waals surface area (Å²) in [5, 5.41) is 22.6. The first kappa shape index (κ1) is 32.5. The molecule has 0 spiro atoms. The number of nitrogens with zero attached hydrogens (tertiary/aromatic N) is 2. The van der Waals surface area contributed by atoms with Crippen molar-refractivity contribution in [3.05, 3.63) is 79.8 Å². The van der Waals surface area contributed by atoms with Gasteiger partial charge < -0.3 is 10.0 Å². The summed E-state index contributed by atoms with van der Waals surface area (Å²) in [6.45, 7) is 2.59. The molecule has 8 heteroatoms. The van der Waals surface area contributed by atoms with Gasteiger partial charge in [-0.1, -0.05) is 131 Å². The Labute approximate surface area is 252 Å². The van der Waals surface area contributed by atoms with Gasteiger partial charge in [-0.2, -0.15) is 0 Å². The number of carbonyl (C=O) groups excluding carboxylic acids is 2. The van der Waals surface area contributed by atoms with E-state index < -0.39 is 22.7 Å². The van der Waals surface area contributed by atoms with Crippen LogP contribution >= 0.6 is 15.9 Å². The number of likely N-dealkylation sites (tertiary alicyclic amines) is 1. The molecule has 1 saturated heterocycles. The molecular weight excluding hydrogens is 584 g/mol. The van der Waals surface area contributed by atoms with Gasteiger partial charge in [0, 0.05) is 28.7 Å². The van der Waals surface area contributed by atoms with Crippen molar-refractivity contribution in [3.8, 4) is 0 Å². The van der Waals surface area contributed by atoms with Crippen LogP contribution in [0.1, 0.15) is 114 Å². The molecule has 1 fully saturated rings. The van der Waals surface area contributed by atoms with Crippen LogP contribution in [0, 0.1) is 10.1 Å². The number of non-ortho nitro benzene ring substituents is 1. The fourth-order valence-corrected chi connectivity index (χ4v) is 5.77. The molecule has 1 aliphatic rings. The first-order chi connectivity index (χ1) is 19.8. The minimum atomic E-state index is -0.888. The number of Topliss-reactive ketones (excluding diaryl/α,β-unsaturated/α-hetero) is 1. The summed E-state index contributed by atoms with van der Waals surface area (Å²) in [4.78, 5) is 38.8. The number of hydrogen-bond acceptors (Lipinski definition) is 5. The van der Waals surface area contributed by atoms with Crippen LogP contribution < -0.4 is 0 Å². The van der Waals surface area contributed by atoms with Gasteiger partial charge in [-0.25, -0.2) is 0 Å². The minimum absolute atomic E-state index is 0.0387. The Hall–Kier alpha value is -3.00. The van der Waals surface area contributed by atoms with Crippen LogP contribution in [-0.2, 0) is 9.59 Å². The number of unbranched alkanes of at least 4 members (excludes halogenated alkanes) is 13. The normalized spacial score (nSPS) is 16.4. The SMILES string of the molecule is CCCCCCCCCCCCCCCCN1C(=O)C(=O)/C(=C(/O)c2ccc(Br)cc2)[C@H]1c1cccc([N+](=O)[O-])c1. The van der Waals surface area contributed by atoms with Crippen LogP contribution in [0.3, 0.4) is 0 Å². The maximum Gasteiger partial charge on any atom is 0.295 e. The fraction of sp³-hybridized carbons (Fsp3) is 0.515. The molecule has 1 amide bonds. The third-order valence-electron chi connectivity index (χ3n) is 7.81. The summed E-state index contributed by atoms with van der Waals surface area (Å²) in [5.74, 6) is -1.74. The lowest BCUT2D eigenvalue weighted by Crippen LogP contribution is -2.30. The first-order valence-electron chi connectivity index (χ1n) is 15.1. The second kappa shape index (κ2) is 17.1. The van der Waals surface area contributed by atoms with E-state index in [1.54, 1.807) is 36.4 Å². The highest BCUT2D eigenvalue weighted by molar-refractivity contribution is 9.10. The van der Waals surface area contributed by atoms with Gasteiger partial charge >= 0.3 is 0 Å². The van der Waals surface area contributed by atoms with Gasteiger partial charge in [-0.15, -0.1) is 0 Å². The molecule has 2 aromatic rings. The van der Waals surface area contributed by atoms with E-state index >= 15 is 0 Å². The average molecular weight is 628 g/mol. The van der Waals surface area contributed by atoms with Crippen molar-refractivity contribution >= 4 is 39.1 Å². The summed E-state index contributed by atoms with van der Waals surface area (Å²) in [5.41, 5.74) is 0.664. The Morgan fingerprint density at radius 2 is 1.39 bits per heavy atom. The lowest BCUT2D eigenvalue weighted by Gasteiger charge is -2.25. The molecule has 7 nitrogen and oxygen atoms in total. The Morgan fingerprint density at radius 3 is 1.93 bits per heavy atom. The predicted octanol–water partition coefficient (Wildman–Crippen LogP) is 9.26. The highest BCUT2D eigenvalue weighted by Gasteiger charge is 2.46. The standard InChI is InChI=1S/C33H43BrN2O5/c1-2-3-4-5-6-7-8-9-10-11-12-13-14-15-23-35-30(26-17-16-18-28(24-26)36(40)41)29(32(38)33(35)39)31(37)25-19-21-27(34)22-20-25/h16-22,24,30,37H,2-15,23H2,1H3/b31-29+/t30-/m1/s1. The molecule has 1 aliphatic heterocycles. The molecule has 0 unspecified atom stereocenters. The third-order valence-corrected chi connectivity index (χ3v) is 8.34. The number of benzene rings is 2. The van der Waals surface area contributed by atoms with Crippen molar-refractivity contribution in [2.45, 2.75) is 103 Å². The van der Waals surface area contributed by atoms with Crippen LogP contribution in [-0.4, -0.2) is 33.2 Å². The molecule has 1 N–H and O–H groups in total. The van der Waals surface area contributed by atoms with Gasteiger partial charge in [-0.3, -0.25) is 19.7 Å². The monoisotopic (exact) mass is 626 g/mol. The smallest absolute Gasteiger partial charge is 0.295 e. The molecule has 2 aromatic carbocycles. The number of aliphatic hydroxyl groups excluding tert-OH is 1. The van der Waals surface area contributed by atoms with Crippen LogP contribution in [0.4, 0.5) is 5.69 Å². The number of nitro benzene ring substituents is 1. The second-order valence-electron chi connectivity index (χ2n) is 10.9. The van der Waals surface area contributed by atoms with Gasteiger partial charge in [0.1, 0.15) is 5.76 Å².